The molecule has 0 spiro atoms. The highest BCUT2D eigenvalue weighted by Crippen LogP contribution is 2.19. The second-order valence-corrected chi connectivity index (χ2v) is 5.27. The lowest BCUT2D eigenvalue weighted by molar-refractivity contribution is 0.0998. The number of halogens is 1. The van der Waals surface area contributed by atoms with E-state index >= 15 is 0 Å². The van der Waals surface area contributed by atoms with Crippen molar-refractivity contribution < 1.29 is 9.59 Å². The van der Waals surface area contributed by atoms with E-state index in [1.54, 1.807) is 19.1 Å². The molecule has 6 nitrogen and oxygen atoms in total. The van der Waals surface area contributed by atoms with Crippen molar-refractivity contribution in [2.45, 2.75) is 6.92 Å². The molecule has 1 aromatic heterocycles. The van der Waals surface area contributed by atoms with Crippen molar-refractivity contribution in [1.82, 2.24) is 10.2 Å². The second kappa shape index (κ2) is 5.33. The molecule has 19 heavy (non-hydrogen) atoms. The number of primary amides is 1. The summed E-state index contributed by atoms with van der Waals surface area (Å²) in [5.74, 6) is -0.920. The lowest BCUT2D eigenvalue weighted by Gasteiger charge is -2.07. The minimum absolute atomic E-state index is 0.170. The molecule has 2 amide bonds. The van der Waals surface area contributed by atoms with Crippen LogP contribution in [0.1, 0.15) is 25.7 Å². The van der Waals surface area contributed by atoms with Crippen LogP contribution in [0.5, 0.6) is 0 Å². The van der Waals surface area contributed by atoms with E-state index in [1.807, 2.05) is 0 Å². The van der Waals surface area contributed by atoms with Crippen LogP contribution in [0.3, 0.4) is 0 Å². The molecule has 98 valence electrons. The summed E-state index contributed by atoms with van der Waals surface area (Å²) in [6.07, 6.45) is 0. The molecule has 0 fully saturated rings. The molecule has 0 saturated heterocycles. The largest absolute Gasteiger partial charge is 0.366 e. The Kier molecular flexibility index (Phi) is 3.77. The van der Waals surface area contributed by atoms with Crippen LogP contribution in [0.15, 0.2) is 18.2 Å². The predicted octanol–water partition coefficient (Wildman–Crippen LogP) is 1.85. The summed E-state index contributed by atoms with van der Waals surface area (Å²) < 4.78 is 0.200. The second-order valence-electron chi connectivity index (χ2n) is 3.71. The normalized spacial score (nSPS) is 10.2. The Morgan fingerprint density at radius 2 is 2.11 bits per heavy atom. The van der Waals surface area contributed by atoms with Gasteiger partial charge in [0.15, 0.2) is 0 Å². The number of hydrogen-bond acceptors (Lipinski definition) is 5. The molecule has 0 aliphatic carbocycles. The molecule has 1 aromatic carbocycles. The Labute approximate surface area is 117 Å². The number of rotatable bonds is 3. The highest BCUT2D eigenvalue weighted by molar-refractivity contribution is 7.17. The number of hydrogen-bond donors (Lipinski definition) is 2. The number of carbonyl (C=O) groups is 2. The standard InChI is InChI=1S/C11H9ClN4O2S/c1-5-4-6(8(13)17)2-3-7(5)14-9(18)10-15-16-11(12)19-10/h2-4H,1H3,(H2,13,17)(H,14,18). The van der Waals surface area contributed by atoms with Gasteiger partial charge in [-0.3, -0.25) is 9.59 Å². The first kappa shape index (κ1) is 13.4. The van der Waals surface area contributed by atoms with Crippen molar-refractivity contribution in [2.24, 2.45) is 5.73 Å². The van der Waals surface area contributed by atoms with Crippen molar-refractivity contribution >= 4 is 40.4 Å². The zero-order valence-corrected chi connectivity index (χ0v) is 11.4. The average Bonchev–Trinajstić information content (AvgIpc) is 2.78. The van der Waals surface area contributed by atoms with Crippen LogP contribution in [0.4, 0.5) is 5.69 Å². The van der Waals surface area contributed by atoms with Gasteiger partial charge in [0.2, 0.25) is 15.4 Å². The Hall–Kier alpha value is -1.99. The molecule has 8 heteroatoms. The maximum atomic E-state index is 11.8. The molecule has 0 atom stereocenters. The fourth-order valence-corrected chi connectivity index (χ4v) is 2.15. The molecule has 0 saturated carbocycles. The number of nitrogens with zero attached hydrogens (tertiary/aromatic N) is 2. The first-order chi connectivity index (χ1) is 8.97. The van der Waals surface area contributed by atoms with Gasteiger partial charge in [0.1, 0.15) is 0 Å². The molecule has 2 rings (SSSR count). The van der Waals surface area contributed by atoms with Crippen molar-refractivity contribution in [3.63, 3.8) is 0 Å². The van der Waals surface area contributed by atoms with Gasteiger partial charge < -0.3 is 11.1 Å². The van der Waals surface area contributed by atoms with Gasteiger partial charge in [0, 0.05) is 11.3 Å². The minimum atomic E-state index is -0.517. The van der Waals surface area contributed by atoms with Crippen LogP contribution in [-0.4, -0.2) is 22.0 Å². The SMILES string of the molecule is Cc1cc(C(N)=O)ccc1NC(=O)c1nnc(Cl)s1. The first-order valence-electron chi connectivity index (χ1n) is 5.18. The molecule has 2 aromatic rings. The van der Waals surface area contributed by atoms with Crippen molar-refractivity contribution in [3.8, 4) is 0 Å². The fourth-order valence-electron chi connectivity index (χ4n) is 1.43. The van der Waals surface area contributed by atoms with E-state index in [4.69, 9.17) is 17.3 Å². The van der Waals surface area contributed by atoms with Crippen LogP contribution >= 0.6 is 22.9 Å². The van der Waals surface area contributed by atoms with Crippen LogP contribution in [0.25, 0.3) is 0 Å². The quantitative estimate of drug-likeness (QED) is 0.903. The fraction of sp³-hybridized carbons (Fsp3) is 0.0909. The number of aromatic nitrogens is 2. The number of nitrogens with one attached hydrogen (secondary N) is 1. The van der Waals surface area contributed by atoms with E-state index in [2.05, 4.69) is 15.5 Å². The number of aryl methyl sites for hydroxylation is 1. The van der Waals surface area contributed by atoms with E-state index in [-0.39, 0.29) is 9.47 Å². The van der Waals surface area contributed by atoms with Gasteiger partial charge in [-0.25, -0.2) is 0 Å². The smallest absolute Gasteiger partial charge is 0.286 e. The number of carbonyl (C=O) groups excluding carboxylic acids is 2. The zero-order valence-electron chi connectivity index (χ0n) is 9.81. The molecule has 0 unspecified atom stereocenters. The van der Waals surface area contributed by atoms with Gasteiger partial charge in [-0.15, -0.1) is 10.2 Å². The highest BCUT2D eigenvalue weighted by Gasteiger charge is 2.13. The van der Waals surface area contributed by atoms with Gasteiger partial charge in [-0.05, 0) is 42.3 Å². The zero-order chi connectivity index (χ0) is 14.0. The van der Waals surface area contributed by atoms with Gasteiger partial charge in [-0.2, -0.15) is 0 Å². The van der Waals surface area contributed by atoms with Gasteiger partial charge in [-0.1, -0.05) is 11.3 Å². The Balaban J connectivity index is 2.20. The Bertz CT molecular complexity index is 656. The van der Waals surface area contributed by atoms with Crippen molar-refractivity contribution in [1.29, 1.82) is 0 Å². The van der Waals surface area contributed by atoms with Gasteiger partial charge in [0.05, 0.1) is 0 Å². The summed E-state index contributed by atoms with van der Waals surface area (Å²) in [7, 11) is 0. The molecular formula is C11H9ClN4O2S. The van der Waals surface area contributed by atoms with Gasteiger partial charge >= 0.3 is 0 Å². The van der Waals surface area contributed by atoms with Crippen LogP contribution in [0, 0.1) is 6.92 Å². The summed E-state index contributed by atoms with van der Waals surface area (Å²) in [6, 6.07) is 4.75. The average molecular weight is 297 g/mol. The maximum Gasteiger partial charge on any atom is 0.286 e. The topological polar surface area (TPSA) is 98.0 Å². The molecule has 0 aliphatic heterocycles. The minimum Gasteiger partial charge on any atom is -0.366 e. The van der Waals surface area contributed by atoms with Crippen LogP contribution in [-0.2, 0) is 0 Å². The third-order valence-corrected chi connectivity index (χ3v) is 3.37. The predicted molar refractivity (Wildman–Crippen MR) is 72.6 cm³/mol. The lowest BCUT2D eigenvalue weighted by Crippen LogP contribution is -2.14. The van der Waals surface area contributed by atoms with E-state index in [0.717, 1.165) is 16.9 Å². The Morgan fingerprint density at radius 3 is 2.63 bits per heavy atom. The van der Waals surface area contributed by atoms with E-state index < -0.39 is 11.8 Å². The van der Waals surface area contributed by atoms with E-state index in [0.29, 0.717) is 11.3 Å². The summed E-state index contributed by atoms with van der Waals surface area (Å²) in [5, 5.41) is 10.0. The highest BCUT2D eigenvalue weighted by atomic mass is 35.5. The molecule has 0 radical (unpaired) electrons. The molecule has 1 heterocycles. The van der Waals surface area contributed by atoms with Gasteiger partial charge in [0.25, 0.3) is 5.91 Å². The lowest BCUT2D eigenvalue weighted by atomic mass is 10.1. The monoisotopic (exact) mass is 296 g/mol. The Morgan fingerprint density at radius 1 is 1.37 bits per heavy atom. The molecule has 0 bridgehead atoms. The third-order valence-electron chi connectivity index (χ3n) is 2.35. The first-order valence-corrected chi connectivity index (χ1v) is 6.37. The van der Waals surface area contributed by atoms with E-state index in [1.165, 1.54) is 6.07 Å². The molecular weight excluding hydrogens is 288 g/mol. The molecule has 0 aliphatic rings. The van der Waals surface area contributed by atoms with E-state index in [9.17, 15) is 9.59 Å². The summed E-state index contributed by atoms with van der Waals surface area (Å²) in [6.45, 7) is 1.76. The number of benzene rings is 1. The summed E-state index contributed by atoms with van der Waals surface area (Å²) >= 11 is 6.59. The summed E-state index contributed by atoms with van der Waals surface area (Å²) in [4.78, 5) is 22.9. The maximum absolute atomic E-state index is 11.8. The number of nitrogens with two attached hydrogens (primary N) is 1. The molecule has 3 N–H and O–H groups in total. The number of amides is 2. The number of anilines is 1. The van der Waals surface area contributed by atoms with Crippen LogP contribution in [0.2, 0.25) is 4.47 Å². The third kappa shape index (κ3) is 3.07. The van der Waals surface area contributed by atoms with Crippen LogP contribution < -0.4 is 11.1 Å². The van der Waals surface area contributed by atoms with Crippen molar-refractivity contribution in [3.05, 3.63) is 38.8 Å². The summed E-state index contributed by atoms with van der Waals surface area (Å²) in [5.41, 5.74) is 6.85. The van der Waals surface area contributed by atoms with Crippen molar-refractivity contribution in [2.75, 3.05) is 5.32 Å².